The molecular weight excluding hydrogens is 412 g/mol. The number of unbranched alkanes of at least 4 members (excludes halogenated alkanes) is 2. The number of nitrogens with zero attached hydrogens (tertiary/aromatic N) is 3. The minimum Gasteiger partial charge on any atom is -0.350 e. The molecule has 31 heavy (non-hydrogen) atoms. The number of nitrogens with one attached hydrogen (secondary N) is 1. The van der Waals surface area contributed by atoms with Crippen LogP contribution in [0.2, 0.25) is 0 Å². The van der Waals surface area contributed by atoms with Gasteiger partial charge in [-0.25, -0.2) is 4.98 Å². The Kier molecular flexibility index (Phi) is 6.47. The Labute approximate surface area is 184 Å². The fourth-order valence-corrected chi connectivity index (χ4v) is 4.24. The quantitative estimate of drug-likeness (QED) is 0.410. The summed E-state index contributed by atoms with van der Waals surface area (Å²) < 4.78 is 0. The van der Waals surface area contributed by atoms with Crippen molar-refractivity contribution in [3.63, 3.8) is 0 Å². The first kappa shape index (κ1) is 20.9. The lowest BCUT2D eigenvalue weighted by Gasteiger charge is -2.13. The number of fused-ring (bicyclic) bond motifs is 1. The van der Waals surface area contributed by atoms with Gasteiger partial charge in [0, 0.05) is 24.5 Å². The number of aromatic nitrogens is 2. The van der Waals surface area contributed by atoms with Crippen LogP contribution in [0.1, 0.15) is 52.1 Å². The van der Waals surface area contributed by atoms with Gasteiger partial charge in [0.25, 0.3) is 11.8 Å². The van der Waals surface area contributed by atoms with Gasteiger partial charge in [-0.15, -0.1) is 11.3 Å². The van der Waals surface area contributed by atoms with Gasteiger partial charge in [0.2, 0.25) is 5.91 Å². The van der Waals surface area contributed by atoms with Gasteiger partial charge >= 0.3 is 0 Å². The predicted octanol–water partition coefficient (Wildman–Crippen LogP) is 3.68. The predicted molar refractivity (Wildman–Crippen MR) is 117 cm³/mol. The Hall–Kier alpha value is -3.39. The van der Waals surface area contributed by atoms with Gasteiger partial charge in [-0.05, 0) is 37.1 Å². The van der Waals surface area contributed by atoms with Crippen LogP contribution in [0.5, 0.6) is 0 Å². The smallest absolute Gasteiger partial charge is 0.261 e. The summed E-state index contributed by atoms with van der Waals surface area (Å²) in [6, 6.07) is 12.6. The number of thiazole rings is 1. The Morgan fingerprint density at radius 3 is 2.42 bits per heavy atom. The highest BCUT2D eigenvalue weighted by Gasteiger charge is 2.34. The number of pyridine rings is 1. The number of imide groups is 1. The Morgan fingerprint density at radius 1 is 0.968 bits per heavy atom. The lowest BCUT2D eigenvalue weighted by atomic mass is 10.1. The summed E-state index contributed by atoms with van der Waals surface area (Å²) in [7, 11) is 0. The van der Waals surface area contributed by atoms with Crippen LogP contribution in [0, 0.1) is 0 Å². The maximum atomic E-state index is 12.3. The van der Waals surface area contributed by atoms with Gasteiger partial charge in [-0.3, -0.25) is 24.3 Å². The molecule has 0 radical (unpaired) electrons. The Balaban J connectivity index is 1.15. The van der Waals surface area contributed by atoms with E-state index in [2.05, 4.69) is 15.3 Å². The summed E-state index contributed by atoms with van der Waals surface area (Å²) in [5, 5.41) is 5.64. The molecule has 0 aliphatic carbocycles. The molecule has 3 heterocycles. The molecule has 3 amide bonds. The van der Waals surface area contributed by atoms with E-state index in [4.69, 9.17) is 0 Å². The molecule has 0 fully saturated rings. The first-order valence-electron chi connectivity index (χ1n) is 10.2. The first-order valence-corrected chi connectivity index (χ1v) is 11.1. The fraction of sp³-hybridized carbons (Fsp3) is 0.261. The van der Waals surface area contributed by atoms with Gasteiger partial charge in [0.15, 0.2) is 0 Å². The van der Waals surface area contributed by atoms with E-state index in [0.717, 1.165) is 22.8 Å². The van der Waals surface area contributed by atoms with Gasteiger partial charge < -0.3 is 5.32 Å². The molecular formula is C23H22N4O3S. The standard InChI is InChI=1S/C23H22N4O3S/c28-20(25-14-16-15-31-21(26-16)19-10-5-6-12-24-19)11-2-1-7-13-27-22(29)17-8-3-4-9-18(17)23(27)30/h3-6,8-10,12,15H,1-2,7,11,13-14H2,(H,25,28). The summed E-state index contributed by atoms with van der Waals surface area (Å²) in [5.41, 5.74) is 2.58. The van der Waals surface area contributed by atoms with Crippen LogP contribution in [0.15, 0.2) is 54.0 Å². The van der Waals surface area contributed by atoms with Crippen molar-refractivity contribution in [1.29, 1.82) is 0 Å². The average Bonchev–Trinajstić information content (AvgIpc) is 3.37. The topological polar surface area (TPSA) is 92.3 Å². The maximum absolute atomic E-state index is 12.3. The lowest BCUT2D eigenvalue weighted by molar-refractivity contribution is -0.121. The highest BCUT2D eigenvalue weighted by Crippen LogP contribution is 2.23. The first-order chi connectivity index (χ1) is 15.1. The van der Waals surface area contributed by atoms with E-state index in [-0.39, 0.29) is 17.7 Å². The zero-order valence-electron chi connectivity index (χ0n) is 16.9. The van der Waals surface area contributed by atoms with E-state index in [1.807, 2.05) is 23.6 Å². The summed E-state index contributed by atoms with van der Waals surface area (Å²) in [4.78, 5) is 46.8. The molecule has 158 valence electrons. The second kappa shape index (κ2) is 9.61. The molecule has 0 unspecified atom stereocenters. The summed E-state index contributed by atoms with van der Waals surface area (Å²) >= 11 is 1.50. The van der Waals surface area contributed by atoms with Crippen LogP contribution < -0.4 is 5.32 Å². The van der Waals surface area contributed by atoms with Crippen LogP contribution in [0.3, 0.4) is 0 Å². The lowest BCUT2D eigenvalue weighted by Crippen LogP contribution is -2.30. The third-order valence-corrected chi connectivity index (χ3v) is 5.98. The van der Waals surface area contributed by atoms with E-state index in [1.54, 1.807) is 30.5 Å². The Bertz CT molecular complexity index is 1060. The second-order valence-electron chi connectivity index (χ2n) is 7.25. The summed E-state index contributed by atoms with van der Waals surface area (Å²) in [6.45, 7) is 0.764. The molecule has 4 rings (SSSR count). The zero-order chi connectivity index (χ0) is 21.6. The van der Waals surface area contributed by atoms with Crippen molar-refractivity contribution in [2.24, 2.45) is 0 Å². The van der Waals surface area contributed by atoms with Gasteiger partial charge in [0.05, 0.1) is 29.1 Å². The van der Waals surface area contributed by atoms with Gasteiger partial charge in [0.1, 0.15) is 5.01 Å². The number of carbonyl (C=O) groups is 3. The van der Waals surface area contributed by atoms with Crippen molar-refractivity contribution in [1.82, 2.24) is 20.2 Å². The van der Waals surface area contributed by atoms with E-state index in [9.17, 15) is 14.4 Å². The van der Waals surface area contributed by atoms with Crippen molar-refractivity contribution < 1.29 is 14.4 Å². The van der Waals surface area contributed by atoms with Gasteiger partial charge in [-0.1, -0.05) is 24.6 Å². The molecule has 0 bridgehead atoms. The SMILES string of the molecule is O=C(CCCCCN1C(=O)c2ccccc2C1=O)NCc1csc(-c2ccccn2)n1. The highest BCUT2D eigenvalue weighted by molar-refractivity contribution is 7.13. The minimum atomic E-state index is -0.230. The third kappa shape index (κ3) is 4.86. The molecule has 2 aromatic heterocycles. The molecule has 0 atom stereocenters. The van der Waals surface area contributed by atoms with Crippen molar-refractivity contribution in [2.45, 2.75) is 32.2 Å². The largest absolute Gasteiger partial charge is 0.350 e. The summed E-state index contributed by atoms with van der Waals surface area (Å²) in [6.07, 6.45) is 4.27. The molecule has 3 aromatic rings. The molecule has 0 saturated heterocycles. The molecule has 0 spiro atoms. The molecule has 1 aliphatic rings. The van der Waals surface area contributed by atoms with Crippen LogP contribution in [0.4, 0.5) is 0 Å². The number of hydrogen-bond acceptors (Lipinski definition) is 6. The minimum absolute atomic E-state index is 0.0342. The Morgan fingerprint density at radius 2 is 1.71 bits per heavy atom. The van der Waals surface area contributed by atoms with Crippen molar-refractivity contribution in [2.75, 3.05) is 6.54 Å². The molecule has 1 aromatic carbocycles. The van der Waals surface area contributed by atoms with E-state index in [0.29, 0.717) is 43.5 Å². The monoisotopic (exact) mass is 434 g/mol. The molecule has 1 aliphatic heterocycles. The van der Waals surface area contributed by atoms with Crippen LogP contribution in [0.25, 0.3) is 10.7 Å². The third-order valence-electron chi connectivity index (χ3n) is 5.07. The van der Waals surface area contributed by atoms with Crippen LogP contribution in [-0.4, -0.2) is 39.1 Å². The maximum Gasteiger partial charge on any atom is 0.261 e. The fourth-order valence-electron chi connectivity index (χ4n) is 3.45. The van der Waals surface area contributed by atoms with E-state index >= 15 is 0 Å². The summed E-state index contributed by atoms with van der Waals surface area (Å²) in [5.74, 6) is -0.494. The molecule has 1 N–H and O–H groups in total. The number of rotatable bonds is 9. The van der Waals surface area contributed by atoms with E-state index in [1.165, 1.54) is 16.2 Å². The van der Waals surface area contributed by atoms with Crippen molar-refractivity contribution in [3.8, 4) is 10.7 Å². The van der Waals surface area contributed by atoms with Crippen molar-refractivity contribution in [3.05, 3.63) is 70.9 Å². The molecule has 0 saturated carbocycles. The number of carbonyl (C=O) groups excluding carboxylic acids is 3. The second-order valence-corrected chi connectivity index (χ2v) is 8.11. The molecule has 7 nitrogen and oxygen atoms in total. The zero-order valence-corrected chi connectivity index (χ0v) is 17.7. The molecule has 8 heteroatoms. The number of amides is 3. The highest BCUT2D eigenvalue weighted by atomic mass is 32.1. The normalized spacial score (nSPS) is 12.8. The number of benzene rings is 1. The van der Waals surface area contributed by atoms with Gasteiger partial charge in [-0.2, -0.15) is 0 Å². The van der Waals surface area contributed by atoms with E-state index < -0.39 is 0 Å². The average molecular weight is 435 g/mol. The number of hydrogen-bond donors (Lipinski definition) is 1. The van der Waals surface area contributed by atoms with Crippen molar-refractivity contribution >= 4 is 29.1 Å². The van der Waals surface area contributed by atoms with Crippen LogP contribution >= 0.6 is 11.3 Å². The van der Waals surface area contributed by atoms with Crippen LogP contribution in [-0.2, 0) is 11.3 Å².